The van der Waals surface area contributed by atoms with E-state index in [1.54, 1.807) is 0 Å². The Morgan fingerprint density at radius 3 is 2.46 bits per heavy atom. The fourth-order valence-electron chi connectivity index (χ4n) is 0.848. The van der Waals surface area contributed by atoms with Crippen molar-refractivity contribution in [1.82, 2.24) is 5.73 Å². The summed E-state index contributed by atoms with van der Waals surface area (Å²) in [5, 5.41) is 0. The summed E-state index contributed by atoms with van der Waals surface area (Å²) in [5.41, 5.74) is 7.21. The molecule has 0 bridgehead atoms. The van der Waals surface area contributed by atoms with Gasteiger partial charge in [0.2, 0.25) is 0 Å². The Bertz CT molecular complexity index is 413. The van der Waals surface area contributed by atoms with Crippen LogP contribution < -0.4 is 10.5 Å². The minimum atomic E-state index is -4.23. The average molecular weight is 202 g/mol. The molecule has 0 heterocycles. The second kappa shape index (κ2) is 3.23. The van der Waals surface area contributed by atoms with Gasteiger partial charge in [-0.15, -0.1) is 0 Å². The molecule has 0 aromatic heterocycles. The van der Waals surface area contributed by atoms with Gasteiger partial charge < -0.3 is 4.74 Å². The molecular formula is C7H8NO4S. The molecular weight excluding hydrogens is 194 g/mol. The summed E-state index contributed by atoms with van der Waals surface area (Å²) >= 11 is 0. The summed E-state index contributed by atoms with van der Waals surface area (Å²) in [4.78, 5) is -0.307. The second-order valence-corrected chi connectivity index (χ2v) is 3.76. The first-order valence-electron chi connectivity index (χ1n) is 3.32. The molecule has 0 atom stereocenters. The fraction of sp³-hybridized carbons (Fsp3) is 0.143. The van der Waals surface area contributed by atoms with Crippen LogP contribution in [0.4, 0.5) is 5.69 Å². The van der Waals surface area contributed by atoms with Crippen LogP contribution in [0.25, 0.3) is 0 Å². The maximum Gasteiger partial charge on any atom is 0.294 e. The summed E-state index contributed by atoms with van der Waals surface area (Å²) in [6.45, 7) is 0. The number of benzene rings is 1. The van der Waals surface area contributed by atoms with Crippen LogP contribution in [0.15, 0.2) is 23.1 Å². The summed E-state index contributed by atoms with van der Waals surface area (Å²) in [7, 11) is -2.85. The molecule has 0 fully saturated rings. The highest BCUT2D eigenvalue weighted by Crippen LogP contribution is 2.25. The summed E-state index contributed by atoms with van der Waals surface area (Å²) in [6, 6.07) is 3.51. The molecule has 0 saturated carbocycles. The van der Waals surface area contributed by atoms with Crippen molar-refractivity contribution < 1.29 is 17.7 Å². The van der Waals surface area contributed by atoms with E-state index in [9.17, 15) is 8.42 Å². The van der Waals surface area contributed by atoms with E-state index in [0.717, 1.165) is 6.07 Å². The summed E-state index contributed by atoms with van der Waals surface area (Å²) < 4.78 is 34.6. The first-order chi connectivity index (χ1) is 5.95. The molecule has 0 aliphatic rings. The van der Waals surface area contributed by atoms with E-state index >= 15 is 0 Å². The third kappa shape index (κ3) is 2.10. The third-order valence-electron chi connectivity index (χ3n) is 1.47. The van der Waals surface area contributed by atoms with E-state index < -0.39 is 10.1 Å². The molecule has 2 N–H and O–H groups in total. The van der Waals surface area contributed by atoms with Gasteiger partial charge in [-0.2, -0.15) is 8.42 Å². The van der Waals surface area contributed by atoms with Gasteiger partial charge in [0, 0.05) is 0 Å². The molecule has 71 valence electrons. The fourth-order valence-corrected chi connectivity index (χ4v) is 1.35. The highest BCUT2D eigenvalue weighted by molar-refractivity contribution is 7.85. The quantitative estimate of drug-likeness (QED) is 0.720. The highest BCUT2D eigenvalue weighted by Gasteiger charge is 2.11. The lowest BCUT2D eigenvalue weighted by Gasteiger charge is -2.03. The second-order valence-electron chi connectivity index (χ2n) is 2.34. The third-order valence-corrected chi connectivity index (χ3v) is 2.32. The Hall–Kier alpha value is -1.27. The van der Waals surface area contributed by atoms with Gasteiger partial charge in [-0.3, -0.25) is 10.3 Å². The average Bonchev–Trinajstić information content (AvgIpc) is 2.02. The molecule has 1 radical (unpaired) electrons. The van der Waals surface area contributed by atoms with Crippen molar-refractivity contribution >= 4 is 15.8 Å². The topological polar surface area (TPSA) is 87.4 Å². The van der Waals surface area contributed by atoms with Gasteiger partial charge in [0.1, 0.15) is 5.75 Å². The molecule has 0 aliphatic heterocycles. The smallest absolute Gasteiger partial charge is 0.294 e. The number of methoxy groups -OCH3 is 1. The SMILES string of the molecule is COc1ccc(S(=O)(=O)O)cc1[NH]. The van der Waals surface area contributed by atoms with Crippen molar-refractivity contribution in [3.63, 3.8) is 0 Å². The largest absolute Gasteiger partial charge is 0.495 e. The maximum absolute atomic E-state index is 10.6. The van der Waals surface area contributed by atoms with Crippen molar-refractivity contribution in [1.29, 1.82) is 0 Å². The zero-order valence-electron chi connectivity index (χ0n) is 6.81. The minimum Gasteiger partial charge on any atom is -0.495 e. The zero-order chi connectivity index (χ0) is 10.1. The van der Waals surface area contributed by atoms with Gasteiger partial charge in [-0.05, 0) is 18.2 Å². The lowest BCUT2D eigenvalue weighted by atomic mass is 10.3. The Balaban J connectivity index is 3.26. The predicted octanol–water partition coefficient (Wildman–Crippen LogP) is 0.856. The van der Waals surface area contributed by atoms with Crippen LogP contribution in [0.2, 0.25) is 0 Å². The Kier molecular flexibility index (Phi) is 2.44. The first-order valence-corrected chi connectivity index (χ1v) is 4.76. The molecule has 1 rings (SSSR count). The minimum absolute atomic E-state index is 0.0855. The van der Waals surface area contributed by atoms with Gasteiger partial charge in [0.05, 0.1) is 17.7 Å². The van der Waals surface area contributed by atoms with Crippen molar-refractivity contribution in [2.75, 3.05) is 7.11 Å². The number of ether oxygens (including phenoxy) is 1. The Labute approximate surface area is 75.9 Å². The van der Waals surface area contributed by atoms with E-state index in [1.807, 2.05) is 0 Å². The van der Waals surface area contributed by atoms with Gasteiger partial charge >= 0.3 is 0 Å². The molecule has 0 saturated heterocycles. The normalized spacial score (nSPS) is 11.2. The molecule has 0 unspecified atom stereocenters. The molecule has 6 heteroatoms. The molecule has 0 amide bonds. The van der Waals surface area contributed by atoms with Crippen LogP contribution in [0.3, 0.4) is 0 Å². The van der Waals surface area contributed by atoms with Gasteiger partial charge in [-0.25, -0.2) is 0 Å². The van der Waals surface area contributed by atoms with E-state index in [-0.39, 0.29) is 16.3 Å². The van der Waals surface area contributed by atoms with Crippen molar-refractivity contribution in [2.45, 2.75) is 4.90 Å². The number of rotatable bonds is 2. The summed E-state index contributed by atoms with van der Waals surface area (Å²) in [6.07, 6.45) is 0. The Morgan fingerprint density at radius 2 is 2.08 bits per heavy atom. The van der Waals surface area contributed by atoms with E-state index in [4.69, 9.17) is 15.0 Å². The molecule has 0 aliphatic carbocycles. The van der Waals surface area contributed by atoms with Crippen molar-refractivity contribution in [3.05, 3.63) is 18.2 Å². The molecule has 1 aromatic carbocycles. The van der Waals surface area contributed by atoms with E-state index in [0.29, 0.717) is 0 Å². The van der Waals surface area contributed by atoms with Gasteiger partial charge in [0.15, 0.2) is 0 Å². The molecule has 0 spiro atoms. The lowest BCUT2D eigenvalue weighted by molar-refractivity contribution is 0.415. The number of hydrogen-bond acceptors (Lipinski definition) is 3. The molecule has 5 nitrogen and oxygen atoms in total. The van der Waals surface area contributed by atoms with Gasteiger partial charge in [-0.1, -0.05) is 0 Å². The highest BCUT2D eigenvalue weighted by atomic mass is 32.2. The first kappa shape index (κ1) is 9.82. The predicted molar refractivity (Wildman–Crippen MR) is 45.6 cm³/mol. The van der Waals surface area contributed by atoms with Crippen LogP contribution >= 0.6 is 0 Å². The van der Waals surface area contributed by atoms with E-state index in [2.05, 4.69) is 0 Å². The zero-order valence-corrected chi connectivity index (χ0v) is 7.63. The van der Waals surface area contributed by atoms with Crippen LogP contribution in [-0.4, -0.2) is 20.1 Å². The lowest BCUT2D eigenvalue weighted by Crippen LogP contribution is -1.98. The van der Waals surface area contributed by atoms with Crippen LogP contribution in [0, 0.1) is 0 Å². The molecule has 13 heavy (non-hydrogen) atoms. The Morgan fingerprint density at radius 1 is 1.46 bits per heavy atom. The van der Waals surface area contributed by atoms with Crippen LogP contribution in [0.1, 0.15) is 0 Å². The van der Waals surface area contributed by atoms with Crippen LogP contribution in [0.5, 0.6) is 5.75 Å². The number of nitrogens with one attached hydrogen (secondary N) is 1. The van der Waals surface area contributed by atoms with Crippen molar-refractivity contribution in [3.8, 4) is 5.75 Å². The standard InChI is InChI=1S/C7H8NO4S/c1-12-7-3-2-5(4-6(7)8)13(9,10)11/h2-4,8H,1H3,(H,9,10,11). The maximum atomic E-state index is 10.6. The van der Waals surface area contributed by atoms with Crippen molar-refractivity contribution in [2.24, 2.45) is 0 Å². The molecule has 1 aromatic rings. The van der Waals surface area contributed by atoms with Gasteiger partial charge in [0.25, 0.3) is 10.1 Å². The van der Waals surface area contributed by atoms with E-state index in [1.165, 1.54) is 19.2 Å². The number of hydrogen-bond donors (Lipinski definition) is 1. The van der Waals surface area contributed by atoms with Crippen LogP contribution in [-0.2, 0) is 10.1 Å². The monoisotopic (exact) mass is 202 g/mol. The summed E-state index contributed by atoms with van der Waals surface area (Å²) in [5.74, 6) is 0.257.